The largest absolute Gasteiger partial charge is 0.303 e. The van der Waals surface area contributed by atoms with Crippen molar-refractivity contribution < 1.29 is 13.2 Å². The van der Waals surface area contributed by atoms with Crippen LogP contribution in [0.1, 0.15) is 5.69 Å². The zero-order valence-corrected chi connectivity index (χ0v) is 11.7. The van der Waals surface area contributed by atoms with E-state index < -0.39 is 10.0 Å². The first kappa shape index (κ1) is 13.0. The maximum atomic E-state index is 12.4. The minimum atomic E-state index is -3.64. The van der Waals surface area contributed by atoms with Crippen molar-refractivity contribution in [3.8, 4) is 0 Å². The molecule has 1 aromatic heterocycles. The second kappa shape index (κ2) is 5.07. The summed E-state index contributed by atoms with van der Waals surface area (Å²) >= 11 is 3.24. The van der Waals surface area contributed by atoms with Gasteiger partial charge in [0.15, 0.2) is 0 Å². The van der Waals surface area contributed by atoms with E-state index in [1.165, 1.54) is 18.3 Å². The number of rotatable bonds is 4. The van der Waals surface area contributed by atoms with Gasteiger partial charge in [-0.1, -0.05) is 18.2 Å². The van der Waals surface area contributed by atoms with Gasteiger partial charge in [-0.2, -0.15) is 0 Å². The number of carbonyl (C=O) groups excluding carboxylic acids is 1. The first-order valence-electron chi connectivity index (χ1n) is 5.17. The lowest BCUT2D eigenvalue weighted by atomic mass is 10.3. The molecule has 94 valence electrons. The maximum absolute atomic E-state index is 12.4. The summed E-state index contributed by atoms with van der Waals surface area (Å²) in [6.07, 6.45) is 2.15. The lowest BCUT2D eigenvalue weighted by Gasteiger charge is -2.09. The number of carbonyl (C=O) groups is 1. The van der Waals surface area contributed by atoms with Crippen LogP contribution in [0, 0.1) is 0 Å². The highest BCUT2D eigenvalue weighted by atomic mass is 79.9. The molecule has 0 spiro atoms. The van der Waals surface area contributed by atoms with Crippen LogP contribution in [0.25, 0.3) is 0 Å². The molecule has 1 heterocycles. The van der Waals surface area contributed by atoms with Gasteiger partial charge in [0.25, 0.3) is 10.0 Å². The summed E-state index contributed by atoms with van der Waals surface area (Å²) in [5.74, 6) is 0. The van der Waals surface area contributed by atoms with Crippen molar-refractivity contribution in [2.45, 2.75) is 11.3 Å². The smallest absolute Gasteiger partial charge is 0.267 e. The van der Waals surface area contributed by atoms with E-state index in [9.17, 15) is 13.2 Å². The molecule has 0 aliphatic rings. The number of hydrogen-bond donors (Lipinski definition) is 0. The lowest BCUT2D eigenvalue weighted by molar-refractivity contribution is -0.107. The summed E-state index contributed by atoms with van der Waals surface area (Å²) in [4.78, 5) is 10.8. The molecule has 18 heavy (non-hydrogen) atoms. The topological polar surface area (TPSA) is 56.1 Å². The molecular formula is C12H10BrNO3S. The molecule has 0 saturated carbocycles. The molecule has 0 unspecified atom stereocenters. The maximum Gasteiger partial charge on any atom is 0.267 e. The van der Waals surface area contributed by atoms with Gasteiger partial charge in [-0.15, -0.1) is 0 Å². The van der Waals surface area contributed by atoms with E-state index in [1.54, 1.807) is 24.3 Å². The van der Waals surface area contributed by atoms with Gasteiger partial charge in [0.05, 0.1) is 10.6 Å². The van der Waals surface area contributed by atoms with Gasteiger partial charge in [0.2, 0.25) is 0 Å². The summed E-state index contributed by atoms with van der Waals surface area (Å²) in [7, 11) is -3.64. The molecule has 0 aliphatic heterocycles. The molecule has 0 aliphatic carbocycles. The van der Waals surface area contributed by atoms with Crippen molar-refractivity contribution in [1.29, 1.82) is 0 Å². The van der Waals surface area contributed by atoms with Crippen LogP contribution >= 0.6 is 15.9 Å². The fourth-order valence-corrected chi connectivity index (χ4v) is 3.62. The zero-order valence-electron chi connectivity index (χ0n) is 9.28. The van der Waals surface area contributed by atoms with E-state index in [0.29, 0.717) is 16.5 Å². The first-order chi connectivity index (χ1) is 8.57. The third-order valence-corrected chi connectivity index (χ3v) is 4.92. The van der Waals surface area contributed by atoms with Crippen LogP contribution in [0.4, 0.5) is 0 Å². The first-order valence-corrected chi connectivity index (χ1v) is 7.40. The molecule has 0 bridgehead atoms. The second-order valence-electron chi connectivity index (χ2n) is 3.60. The molecule has 0 N–H and O–H groups in total. The van der Waals surface area contributed by atoms with Crippen molar-refractivity contribution in [1.82, 2.24) is 3.97 Å². The van der Waals surface area contributed by atoms with Gasteiger partial charge in [0.1, 0.15) is 6.29 Å². The quantitative estimate of drug-likeness (QED) is 0.809. The summed E-state index contributed by atoms with van der Waals surface area (Å²) < 4.78 is 26.5. The van der Waals surface area contributed by atoms with Crippen LogP contribution in [0.3, 0.4) is 0 Å². The van der Waals surface area contributed by atoms with Crippen molar-refractivity contribution in [3.05, 3.63) is 52.8 Å². The minimum absolute atomic E-state index is 0.0413. The van der Waals surface area contributed by atoms with E-state index >= 15 is 0 Å². The summed E-state index contributed by atoms with van der Waals surface area (Å²) in [6.45, 7) is 0. The van der Waals surface area contributed by atoms with Gasteiger partial charge in [-0.25, -0.2) is 12.4 Å². The fourth-order valence-electron chi connectivity index (χ4n) is 1.62. The average molecular weight is 328 g/mol. The van der Waals surface area contributed by atoms with Crippen LogP contribution < -0.4 is 0 Å². The van der Waals surface area contributed by atoms with Crippen LogP contribution in [-0.2, 0) is 21.2 Å². The van der Waals surface area contributed by atoms with Crippen molar-refractivity contribution in [3.63, 3.8) is 0 Å². The molecular weight excluding hydrogens is 318 g/mol. The minimum Gasteiger partial charge on any atom is -0.303 e. The van der Waals surface area contributed by atoms with Gasteiger partial charge < -0.3 is 4.79 Å². The molecule has 2 rings (SSSR count). The molecule has 0 atom stereocenters. The number of aromatic nitrogens is 1. The number of aldehydes is 1. The zero-order chi connectivity index (χ0) is 13.2. The predicted molar refractivity (Wildman–Crippen MR) is 70.9 cm³/mol. The summed E-state index contributed by atoms with van der Waals surface area (Å²) in [6, 6.07) is 9.72. The molecule has 6 heteroatoms. The highest BCUT2D eigenvalue weighted by Gasteiger charge is 2.20. The molecule has 4 nitrogen and oxygen atoms in total. The van der Waals surface area contributed by atoms with E-state index in [2.05, 4.69) is 15.9 Å². The molecule has 2 aromatic rings. The molecule has 0 fully saturated rings. The number of nitrogens with zero attached hydrogens (tertiary/aromatic N) is 1. The van der Waals surface area contributed by atoms with Crippen LogP contribution in [0.2, 0.25) is 0 Å². The van der Waals surface area contributed by atoms with E-state index in [0.717, 1.165) is 3.97 Å². The Balaban J connectivity index is 2.59. The van der Waals surface area contributed by atoms with Gasteiger partial charge in [-0.3, -0.25) is 0 Å². The van der Waals surface area contributed by atoms with Crippen LogP contribution in [0.5, 0.6) is 0 Å². The molecule has 1 aromatic carbocycles. The fraction of sp³-hybridized carbons (Fsp3) is 0.0833. The average Bonchev–Trinajstić information content (AvgIpc) is 2.73. The van der Waals surface area contributed by atoms with Crippen molar-refractivity contribution >= 4 is 32.2 Å². The predicted octanol–water partition coefficient (Wildman–Crippen LogP) is 2.23. The third-order valence-electron chi connectivity index (χ3n) is 2.47. The second-order valence-corrected chi connectivity index (χ2v) is 6.26. The Kier molecular flexibility index (Phi) is 3.68. The highest BCUT2D eigenvalue weighted by molar-refractivity contribution is 9.10. The SMILES string of the molecule is O=CCc1c(Br)ccn1S(=O)(=O)c1ccccc1. The summed E-state index contributed by atoms with van der Waals surface area (Å²) in [5.41, 5.74) is 0.425. The van der Waals surface area contributed by atoms with E-state index in [1.807, 2.05) is 0 Å². The Morgan fingerprint density at radius 1 is 1.17 bits per heavy atom. The van der Waals surface area contributed by atoms with Gasteiger partial charge in [-0.05, 0) is 34.1 Å². The van der Waals surface area contributed by atoms with Gasteiger partial charge >= 0.3 is 0 Å². The van der Waals surface area contributed by atoms with Crippen LogP contribution in [-0.4, -0.2) is 18.7 Å². The number of hydrogen-bond acceptors (Lipinski definition) is 3. The Hall–Kier alpha value is -1.40. The van der Waals surface area contributed by atoms with E-state index in [-0.39, 0.29) is 11.3 Å². The molecule has 0 amide bonds. The third kappa shape index (κ3) is 2.26. The molecule has 0 saturated heterocycles. The number of benzene rings is 1. The Morgan fingerprint density at radius 3 is 2.44 bits per heavy atom. The van der Waals surface area contributed by atoms with E-state index in [4.69, 9.17) is 0 Å². The summed E-state index contributed by atoms with van der Waals surface area (Å²) in [5, 5.41) is 0. The lowest BCUT2D eigenvalue weighted by Crippen LogP contribution is -2.15. The van der Waals surface area contributed by atoms with Crippen molar-refractivity contribution in [2.24, 2.45) is 0 Å². The molecule has 0 radical (unpaired) electrons. The monoisotopic (exact) mass is 327 g/mol. The normalized spacial score (nSPS) is 11.4. The number of halogens is 1. The highest BCUT2D eigenvalue weighted by Crippen LogP contribution is 2.23. The van der Waals surface area contributed by atoms with Crippen molar-refractivity contribution in [2.75, 3.05) is 0 Å². The Bertz CT molecular complexity index is 662. The standard InChI is InChI=1S/C12H10BrNO3S/c13-11-6-8-14(12(11)7-9-15)18(16,17)10-4-2-1-3-5-10/h1-6,8-9H,7H2. The van der Waals surface area contributed by atoms with Crippen LogP contribution in [0.15, 0.2) is 52.0 Å². The van der Waals surface area contributed by atoms with Gasteiger partial charge in [0, 0.05) is 17.1 Å². The Morgan fingerprint density at radius 2 is 1.83 bits per heavy atom. The Labute approximate surface area is 113 Å².